The van der Waals surface area contributed by atoms with E-state index in [0.29, 0.717) is 0 Å². The molecule has 1 rings (SSSR count). The maximum atomic E-state index is 6.39. The molecule has 0 aliphatic carbocycles. The third kappa shape index (κ3) is 5.42. The Labute approximate surface area is 123 Å². The van der Waals surface area contributed by atoms with Crippen LogP contribution in [-0.4, -0.2) is 19.6 Å². The van der Waals surface area contributed by atoms with Gasteiger partial charge in [-0.05, 0) is 43.5 Å². The van der Waals surface area contributed by atoms with Crippen LogP contribution in [0.25, 0.3) is 0 Å². The molecule has 0 heterocycles. The molecule has 0 fully saturated rings. The summed E-state index contributed by atoms with van der Waals surface area (Å²) < 4.78 is 0. The van der Waals surface area contributed by atoms with E-state index in [2.05, 4.69) is 49.2 Å². The number of benzene rings is 1. The van der Waals surface area contributed by atoms with Gasteiger partial charge in [0.15, 0.2) is 0 Å². The predicted octanol–water partition coefficient (Wildman–Crippen LogP) is 4.47. The largest absolute Gasteiger partial charge is 0.372 e. The highest BCUT2D eigenvalue weighted by molar-refractivity contribution is 6.31. The number of halogens is 1. The molecule has 2 nitrogen and oxygen atoms in total. The quantitative estimate of drug-likeness (QED) is 0.673. The van der Waals surface area contributed by atoms with Crippen LogP contribution in [0.2, 0.25) is 5.02 Å². The first-order valence-corrected chi connectivity index (χ1v) is 7.84. The van der Waals surface area contributed by atoms with E-state index < -0.39 is 0 Å². The molecule has 0 atom stereocenters. The molecule has 0 spiro atoms. The zero-order valence-electron chi connectivity index (χ0n) is 12.5. The lowest BCUT2D eigenvalue weighted by molar-refractivity contribution is 0.675. The van der Waals surface area contributed by atoms with E-state index in [1.54, 1.807) is 0 Å². The number of nitrogens with zero attached hydrogens (tertiary/aromatic N) is 1. The van der Waals surface area contributed by atoms with Gasteiger partial charge in [0, 0.05) is 30.3 Å². The van der Waals surface area contributed by atoms with Gasteiger partial charge in [-0.25, -0.2) is 0 Å². The number of hydrogen-bond donors (Lipinski definition) is 1. The first kappa shape index (κ1) is 16.3. The highest BCUT2D eigenvalue weighted by Gasteiger charge is 2.07. The first-order valence-electron chi connectivity index (χ1n) is 7.47. The molecule has 0 aliphatic rings. The van der Waals surface area contributed by atoms with E-state index in [1.807, 2.05) is 0 Å². The fourth-order valence-electron chi connectivity index (χ4n) is 2.19. The number of nitrogens with one attached hydrogen (secondary N) is 1. The number of rotatable bonds is 9. The third-order valence-electron chi connectivity index (χ3n) is 3.13. The summed E-state index contributed by atoms with van der Waals surface area (Å²) in [5.74, 6) is 0. The molecule has 0 amide bonds. The molecule has 0 radical (unpaired) electrons. The minimum atomic E-state index is 0.856. The van der Waals surface area contributed by atoms with Crippen molar-refractivity contribution >= 4 is 17.3 Å². The highest BCUT2D eigenvalue weighted by Crippen LogP contribution is 2.24. The summed E-state index contributed by atoms with van der Waals surface area (Å²) in [7, 11) is 0. The minimum absolute atomic E-state index is 0.856. The van der Waals surface area contributed by atoms with Gasteiger partial charge in [-0.3, -0.25) is 0 Å². The monoisotopic (exact) mass is 282 g/mol. The second-order valence-corrected chi connectivity index (χ2v) is 5.35. The number of hydrogen-bond acceptors (Lipinski definition) is 2. The Bertz CT molecular complexity index is 360. The molecule has 1 N–H and O–H groups in total. The standard InChI is InChI=1S/C16H27ClN2/c1-4-9-18-13-14-7-8-15(12-16(14)17)19(10-5-2)11-6-3/h7-8,12,18H,4-6,9-11,13H2,1-3H3. The summed E-state index contributed by atoms with van der Waals surface area (Å²) in [6, 6.07) is 6.45. The Morgan fingerprint density at radius 3 is 2.26 bits per heavy atom. The molecule has 0 aromatic heterocycles. The van der Waals surface area contributed by atoms with Crippen molar-refractivity contribution in [3.63, 3.8) is 0 Å². The first-order chi connectivity index (χ1) is 9.22. The summed E-state index contributed by atoms with van der Waals surface area (Å²) >= 11 is 6.39. The Morgan fingerprint density at radius 2 is 1.74 bits per heavy atom. The van der Waals surface area contributed by atoms with Crippen molar-refractivity contribution < 1.29 is 0 Å². The van der Waals surface area contributed by atoms with Gasteiger partial charge in [0.1, 0.15) is 0 Å². The van der Waals surface area contributed by atoms with Crippen molar-refractivity contribution in [2.75, 3.05) is 24.5 Å². The summed E-state index contributed by atoms with van der Waals surface area (Å²) in [5, 5.41) is 4.27. The van der Waals surface area contributed by atoms with E-state index in [4.69, 9.17) is 11.6 Å². The fraction of sp³-hybridized carbons (Fsp3) is 0.625. The summed E-state index contributed by atoms with van der Waals surface area (Å²) in [5.41, 5.74) is 2.43. The van der Waals surface area contributed by atoms with Gasteiger partial charge in [-0.15, -0.1) is 0 Å². The lowest BCUT2D eigenvalue weighted by atomic mass is 10.1. The average molecular weight is 283 g/mol. The predicted molar refractivity (Wildman–Crippen MR) is 86.2 cm³/mol. The Kier molecular flexibility index (Phi) is 7.92. The topological polar surface area (TPSA) is 15.3 Å². The van der Waals surface area contributed by atoms with Gasteiger partial charge in [-0.1, -0.05) is 38.4 Å². The maximum absolute atomic E-state index is 6.39. The van der Waals surface area contributed by atoms with Crippen LogP contribution in [0.1, 0.15) is 45.6 Å². The molecule has 19 heavy (non-hydrogen) atoms. The number of anilines is 1. The molecule has 1 aromatic rings. The van der Waals surface area contributed by atoms with Crippen LogP contribution in [0.15, 0.2) is 18.2 Å². The molecule has 0 bridgehead atoms. The summed E-state index contributed by atoms with van der Waals surface area (Å²) in [6.45, 7) is 10.7. The second-order valence-electron chi connectivity index (χ2n) is 4.94. The Hall–Kier alpha value is -0.730. The summed E-state index contributed by atoms with van der Waals surface area (Å²) in [6.07, 6.45) is 3.48. The maximum Gasteiger partial charge on any atom is 0.0471 e. The normalized spacial score (nSPS) is 10.7. The molecular weight excluding hydrogens is 256 g/mol. The molecule has 3 heteroatoms. The Morgan fingerprint density at radius 1 is 1.05 bits per heavy atom. The van der Waals surface area contributed by atoms with Crippen LogP contribution in [0, 0.1) is 0 Å². The molecule has 0 unspecified atom stereocenters. The summed E-state index contributed by atoms with van der Waals surface area (Å²) in [4.78, 5) is 2.41. The van der Waals surface area contributed by atoms with Gasteiger partial charge in [0.05, 0.1) is 0 Å². The van der Waals surface area contributed by atoms with Crippen LogP contribution in [0.4, 0.5) is 5.69 Å². The minimum Gasteiger partial charge on any atom is -0.372 e. The van der Waals surface area contributed by atoms with Crippen LogP contribution in [0.5, 0.6) is 0 Å². The average Bonchev–Trinajstić information content (AvgIpc) is 2.40. The highest BCUT2D eigenvalue weighted by atomic mass is 35.5. The van der Waals surface area contributed by atoms with Gasteiger partial charge < -0.3 is 10.2 Å². The van der Waals surface area contributed by atoms with Crippen molar-refractivity contribution in [1.82, 2.24) is 5.32 Å². The van der Waals surface area contributed by atoms with E-state index in [9.17, 15) is 0 Å². The molecule has 0 saturated carbocycles. The van der Waals surface area contributed by atoms with Gasteiger partial charge in [-0.2, -0.15) is 0 Å². The fourth-order valence-corrected chi connectivity index (χ4v) is 2.43. The van der Waals surface area contributed by atoms with Crippen LogP contribution in [-0.2, 0) is 6.54 Å². The molecule has 108 valence electrons. The SMILES string of the molecule is CCCNCc1ccc(N(CCC)CCC)cc1Cl. The van der Waals surface area contributed by atoms with Crippen LogP contribution < -0.4 is 10.2 Å². The van der Waals surface area contributed by atoms with E-state index in [-0.39, 0.29) is 0 Å². The van der Waals surface area contributed by atoms with Crippen LogP contribution in [0.3, 0.4) is 0 Å². The zero-order chi connectivity index (χ0) is 14.1. The van der Waals surface area contributed by atoms with Gasteiger partial charge >= 0.3 is 0 Å². The molecular formula is C16H27ClN2. The molecule has 0 aliphatic heterocycles. The van der Waals surface area contributed by atoms with Crippen molar-refractivity contribution in [2.24, 2.45) is 0 Å². The second kappa shape index (κ2) is 9.22. The van der Waals surface area contributed by atoms with Gasteiger partial charge in [0.2, 0.25) is 0 Å². The Balaban J connectivity index is 2.73. The zero-order valence-corrected chi connectivity index (χ0v) is 13.3. The van der Waals surface area contributed by atoms with Crippen molar-refractivity contribution in [2.45, 2.75) is 46.6 Å². The van der Waals surface area contributed by atoms with Crippen molar-refractivity contribution in [1.29, 1.82) is 0 Å². The van der Waals surface area contributed by atoms with Gasteiger partial charge in [0.25, 0.3) is 0 Å². The molecule has 1 aromatic carbocycles. The van der Waals surface area contributed by atoms with Crippen LogP contribution >= 0.6 is 11.6 Å². The third-order valence-corrected chi connectivity index (χ3v) is 3.48. The van der Waals surface area contributed by atoms with E-state index >= 15 is 0 Å². The van der Waals surface area contributed by atoms with E-state index in [0.717, 1.165) is 50.5 Å². The van der Waals surface area contributed by atoms with Crippen molar-refractivity contribution in [3.8, 4) is 0 Å². The smallest absolute Gasteiger partial charge is 0.0471 e. The lowest BCUT2D eigenvalue weighted by Crippen LogP contribution is -2.24. The van der Waals surface area contributed by atoms with Crippen molar-refractivity contribution in [3.05, 3.63) is 28.8 Å². The lowest BCUT2D eigenvalue weighted by Gasteiger charge is -2.24. The molecule has 0 saturated heterocycles. The van der Waals surface area contributed by atoms with E-state index in [1.165, 1.54) is 11.3 Å².